The topological polar surface area (TPSA) is 33.2 Å². The maximum Gasteiger partial charge on any atom is 0.255 e. The first-order valence-electron chi connectivity index (χ1n) is 5.17. The maximum atomic E-state index is 11.9. The summed E-state index contributed by atoms with van der Waals surface area (Å²) in [6, 6.07) is 9.71. The van der Waals surface area contributed by atoms with Gasteiger partial charge in [-0.3, -0.25) is 9.78 Å². The van der Waals surface area contributed by atoms with E-state index in [2.05, 4.69) is 4.98 Å². The number of aryl methyl sites for hydroxylation is 1. The van der Waals surface area contributed by atoms with Crippen LogP contribution in [0.1, 0.15) is 16.1 Å². The predicted molar refractivity (Wildman–Crippen MR) is 64.5 cm³/mol. The number of hydrogen-bond donors (Lipinski definition) is 0. The first-order valence-corrected chi connectivity index (χ1v) is 5.17. The van der Waals surface area contributed by atoms with Crippen LogP contribution in [0.25, 0.3) is 10.9 Å². The minimum Gasteiger partial charge on any atom is -0.345 e. The number of carbonyl (C=O) groups excluding carboxylic acids is 1. The molecule has 1 heterocycles. The predicted octanol–water partition coefficient (Wildman–Crippen LogP) is 2.25. The zero-order chi connectivity index (χ0) is 11.7. The molecule has 0 spiro atoms. The highest BCUT2D eigenvalue weighted by Crippen LogP contribution is 2.16. The van der Waals surface area contributed by atoms with Crippen molar-refractivity contribution in [2.24, 2.45) is 0 Å². The molecular weight excluding hydrogens is 200 g/mol. The summed E-state index contributed by atoms with van der Waals surface area (Å²) < 4.78 is 0. The Morgan fingerprint density at radius 3 is 2.62 bits per heavy atom. The number of carbonyl (C=O) groups is 1. The number of para-hydroxylation sites is 1. The van der Waals surface area contributed by atoms with Crippen LogP contribution >= 0.6 is 0 Å². The second kappa shape index (κ2) is 3.93. The van der Waals surface area contributed by atoms with Crippen LogP contribution in [-0.4, -0.2) is 29.9 Å². The van der Waals surface area contributed by atoms with E-state index in [1.54, 1.807) is 19.0 Å². The van der Waals surface area contributed by atoms with Crippen molar-refractivity contribution in [3.05, 3.63) is 41.6 Å². The molecule has 82 valence electrons. The average molecular weight is 214 g/mol. The van der Waals surface area contributed by atoms with Gasteiger partial charge in [0.05, 0.1) is 16.8 Å². The summed E-state index contributed by atoms with van der Waals surface area (Å²) in [5.41, 5.74) is 2.37. The largest absolute Gasteiger partial charge is 0.345 e. The monoisotopic (exact) mass is 214 g/mol. The second-order valence-electron chi connectivity index (χ2n) is 4.01. The molecule has 0 radical (unpaired) electrons. The molecule has 3 heteroatoms. The molecule has 0 aliphatic carbocycles. The van der Waals surface area contributed by atoms with E-state index in [-0.39, 0.29) is 5.91 Å². The number of benzene rings is 1. The summed E-state index contributed by atoms with van der Waals surface area (Å²) in [6.45, 7) is 1.86. The number of rotatable bonds is 1. The van der Waals surface area contributed by atoms with Crippen molar-refractivity contribution in [3.8, 4) is 0 Å². The third-order valence-electron chi connectivity index (χ3n) is 2.55. The van der Waals surface area contributed by atoms with E-state index < -0.39 is 0 Å². The van der Waals surface area contributed by atoms with E-state index in [9.17, 15) is 4.79 Å². The molecule has 0 saturated carbocycles. The summed E-state index contributed by atoms with van der Waals surface area (Å²) in [6.07, 6.45) is 0. The number of hydrogen-bond acceptors (Lipinski definition) is 2. The molecule has 1 amide bonds. The average Bonchev–Trinajstić information content (AvgIpc) is 2.27. The lowest BCUT2D eigenvalue weighted by Gasteiger charge is -2.12. The van der Waals surface area contributed by atoms with E-state index >= 15 is 0 Å². The number of fused-ring (bicyclic) bond motifs is 1. The molecule has 0 N–H and O–H groups in total. The highest BCUT2D eigenvalue weighted by atomic mass is 16.2. The summed E-state index contributed by atoms with van der Waals surface area (Å²) in [5, 5.41) is 0.998. The van der Waals surface area contributed by atoms with Gasteiger partial charge in [0.15, 0.2) is 0 Å². The molecule has 0 aliphatic heterocycles. The summed E-state index contributed by atoms with van der Waals surface area (Å²) in [5.74, 6) is -0.00393. The Labute approximate surface area is 94.7 Å². The van der Waals surface area contributed by atoms with Gasteiger partial charge in [-0.05, 0) is 19.1 Å². The third kappa shape index (κ3) is 1.76. The first-order chi connectivity index (χ1) is 7.59. The zero-order valence-electron chi connectivity index (χ0n) is 9.69. The molecular formula is C13H14N2O. The van der Waals surface area contributed by atoms with Gasteiger partial charge in [0, 0.05) is 19.5 Å². The molecule has 0 saturated heterocycles. The second-order valence-corrected chi connectivity index (χ2v) is 4.01. The molecule has 3 nitrogen and oxygen atoms in total. The third-order valence-corrected chi connectivity index (χ3v) is 2.55. The van der Waals surface area contributed by atoms with Gasteiger partial charge in [-0.25, -0.2) is 0 Å². The zero-order valence-corrected chi connectivity index (χ0v) is 9.69. The lowest BCUT2D eigenvalue weighted by atomic mass is 10.1. The van der Waals surface area contributed by atoms with Crippen LogP contribution in [0.15, 0.2) is 30.3 Å². The number of aromatic nitrogens is 1. The fraction of sp³-hybridized carbons (Fsp3) is 0.231. The number of pyridine rings is 1. The van der Waals surface area contributed by atoms with Gasteiger partial charge < -0.3 is 4.90 Å². The highest BCUT2D eigenvalue weighted by molar-refractivity contribution is 5.98. The van der Waals surface area contributed by atoms with Crippen LogP contribution in [0.4, 0.5) is 0 Å². The van der Waals surface area contributed by atoms with Crippen LogP contribution in [-0.2, 0) is 0 Å². The Balaban J connectivity index is 2.63. The smallest absolute Gasteiger partial charge is 0.255 e. The Kier molecular flexibility index (Phi) is 2.60. The number of amides is 1. The van der Waals surface area contributed by atoms with Crippen molar-refractivity contribution in [2.45, 2.75) is 6.92 Å². The molecule has 0 fully saturated rings. The van der Waals surface area contributed by atoms with Gasteiger partial charge >= 0.3 is 0 Å². The van der Waals surface area contributed by atoms with Gasteiger partial charge in [-0.1, -0.05) is 18.2 Å². The van der Waals surface area contributed by atoms with Gasteiger partial charge in [0.1, 0.15) is 0 Å². The Bertz CT molecular complexity index is 547. The molecule has 0 atom stereocenters. The van der Waals surface area contributed by atoms with E-state index in [1.165, 1.54) is 0 Å². The fourth-order valence-corrected chi connectivity index (χ4v) is 1.67. The Morgan fingerprint density at radius 1 is 1.25 bits per heavy atom. The van der Waals surface area contributed by atoms with Crippen molar-refractivity contribution in [3.63, 3.8) is 0 Å². The quantitative estimate of drug-likeness (QED) is 0.729. The maximum absolute atomic E-state index is 11.9. The lowest BCUT2D eigenvalue weighted by molar-refractivity contribution is 0.0826. The van der Waals surface area contributed by atoms with Crippen molar-refractivity contribution in [2.75, 3.05) is 14.1 Å². The standard InChI is InChI=1S/C13H14N2O/c1-9-11(13(16)15(2)3)8-10-6-4-5-7-12(10)14-9/h4-8H,1-3H3. The SMILES string of the molecule is Cc1nc2ccccc2cc1C(=O)N(C)C. The molecule has 1 aromatic heterocycles. The Hall–Kier alpha value is -1.90. The van der Waals surface area contributed by atoms with Crippen molar-refractivity contribution < 1.29 is 4.79 Å². The highest BCUT2D eigenvalue weighted by Gasteiger charge is 2.12. The van der Waals surface area contributed by atoms with Gasteiger partial charge in [-0.15, -0.1) is 0 Å². The summed E-state index contributed by atoms with van der Waals surface area (Å²) >= 11 is 0. The number of nitrogens with zero attached hydrogens (tertiary/aromatic N) is 2. The molecule has 1 aromatic carbocycles. The van der Waals surface area contributed by atoms with Crippen molar-refractivity contribution >= 4 is 16.8 Å². The molecule has 0 aliphatic rings. The van der Waals surface area contributed by atoms with Gasteiger partial charge in [-0.2, -0.15) is 0 Å². The molecule has 0 bridgehead atoms. The van der Waals surface area contributed by atoms with Gasteiger partial charge in [0.25, 0.3) is 5.91 Å². The van der Waals surface area contributed by atoms with Crippen LogP contribution in [0.2, 0.25) is 0 Å². The van der Waals surface area contributed by atoms with Crippen LogP contribution in [0, 0.1) is 6.92 Å². The van der Waals surface area contributed by atoms with Crippen molar-refractivity contribution in [1.82, 2.24) is 9.88 Å². The van der Waals surface area contributed by atoms with Gasteiger partial charge in [0.2, 0.25) is 0 Å². The van der Waals surface area contributed by atoms with Crippen LogP contribution < -0.4 is 0 Å². The van der Waals surface area contributed by atoms with E-state index in [0.29, 0.717) is 5.56 Å². The normalized spacial score (nSPS) is 10.4. The Morgan fingerprint density at radius 2 is 1.94 bits per heavy atom. The minimum absolute atomic E-state index is 0.00393. The lowest BCUT2D eigenvalue weighted by Crippen LogP contribution is -2.22. The summed E-state index contributed by atoms with van der Waals surface area (Å²) in [4.78, 5) is 17.9. The van der Waals surface area contributed by atoms with E-state index in [0.717, 1.165) is 16.6 Å². The van der Waals surface area contributed by atoms with Crippen molar-refractivity contribution in [1.29, 1.82) is 0 Å². The fourth-order valence-electron chi connectivity index (χ4n) is 1.67. The van der Waals surface area contributed by atoms with E-state index in [4.69, 9.17) is 0 Å². The van der Waals surface area contributed by atoms with E-state index in [1.807, 2.05) is 37.3 Å². The molecule has 0 unspecified atom stereocenters. The molecule has 2 aromatic rings. The molecule has 2 rings (SSSR count). The van der Waals surface area contributed by atoms with Crippen LogP contribution in [0.3, 0.4) is 0 Å². The first kappa shape index (κ1) is 10.6. The van der Waals surface area contributed by atoms with Crippen LogP contribution in [0.5, 0.6) is 0 Å². The summed E-state index contributed by atoms with van der Waals surface area (Å²) in [7, 11) is 3.49. The minimum atomic E-state index is -0.00393. The molecule has 16 heavy (non-hydrogen) atoms.